The maximum atomic E-state index is 14.0. The molecule has 28 heavy (non-hydrogen) atoms. The molecule has 0 saturated heterocycles. The number of aryl methyl sites for hydroxylation is 1. The SMILES string of the molecule is CCCc1cc(F)c(C(=O)Oc2cc(F)c(/C=C/C(F)(F)F)c(F)c2)c(F)c1. The predicted octanol–water partition coefficient (Wildman–Crippen LogP) is 5.99. The summed E-state index contributed by atoms with van der Waals surface area (Å²) in [6.07, 6.45) is -4.02. The minimum absolute atomic E-state index is 0.169. The zero-order valence-electron chi connectivity index (χ0n) is 14.3. The Hall–Kier alpha value is -2.84. The van der Waals surface area contributed by atoms with Gasteiger partial charge in [0.15, 0.2) is 0 Å². The van der Waals surface area contributed by atoms with E-state index in [-0.39, 0.29) is 12.2 Å². The van der Waals surface area contributed by atoms with E-state index in [4.69, 9.17) is 0 Å². The maximum absolute atomic E-state index is 14.0. The zero-order valence-corrected chi connectivity index (χ0v) is 14.3. The second kappa shape index (κ2) is 8.45. The van der Waals surface area contributed by atoms with Crippen LogP contribution in [-0.2, 0) is 6.42 Å². The Morgan fingerprint density at radius 3 is 1.96 bits per heavy atom. The highest BCUT2D eigenvalue weighted by molar-refractivity contribution is 5.91. The highest BCUT2D eigenvalue weighted by atomic mass is 19.4. The number of ether oxygens (including phenoxy) is 1. The van der Waals surface area contributed by atoms with E-state index < -0.39 is 52.3 Å². The molecule has 0 aliphatic carbocycles. The van der Waals surface area contributed by atoms with Crippen LogP contribution in [0.2, 0.25) is 0 Å². The molecular formula is C19H13F7O2. The summed E-state index contributed by atoms with van der Waals surface area (Å²) < 4.78 is 96.7. The topological polar surface area (TPSA) is 26.3 Å². The van der Waals surface area contributed by atoms with Crippen LogP contribution in [0.25, 0.3) is 6.08 Å². The van der Waals surface area contributed by atoms with Crippen LogP contribution in [0.5, 0.6) is 5.75 Å². The van der Waals surface area contributed by atoms with E-state index in [0.29, 0.717) is 30.5 Å². The van der Waals surface area contributed by atoms with Gasteiger partial charge in [-0.3, -0.25) is 0 Å². The van der Waals surface area contributed by atoms with Gasteiger partial charge in [0, 0.05) is 23.8 Å². The summed E-state index contributed by atoms with van der Waals surface area (Å²) in [4.78, 5) is 12.0. The molecule has 0 aliphatic rings. The summed E-state index contributed by atoms with van der Waals surface area (Å²) >= 11 is 0. The van der Waals surface area contributed by atoms with Gasteiger partial charge in [0.05, 0.1) is 0 Å². The first-order chi connectivity index (χ1) is 13.0. The van der Waals surface area contributed by atoms with Gasteiger partial charge in [-0.1, -0.05) is 13.3 Å². The van der Waals surface area contributed by atoms with Gasteiger partial charge in [0.25, 0.3) is 0 Å². The summed E-state index contributed by atoms with van der Waals surface area (Å²) in [5, 5.41) is 0. The highest BCUT2D eigenvalue weighted by Crippen LogP contribution is 2.26. The Bertz CT molecular complexity index is 871. The fourth-order valence-corrected chi connectivity index (χ4v) is 2.37. The first kappa shape index (κ1) is 21.5. The van der Waals surface area contributed by atoms with Crippen molar-refractivity contribution in [3.63, 3.8) is 0 Å². The number of halogens is 7. The monoisotopic (exact) mass is 406 g/mol. The molecule has 0 spiro atoms. The zero-order chi connectivity index (χ0) is 21.1. The summed E-state index contributed by atoms with van der Waals surface area (Å²) in [7, 11) is 0. The Kier molecular flexibility index (Phi) is 6.48. The van der Waals surface area contributed by atoms with E-state index in [1.54, 1.807) is 6.92 Å². The molecule has 0 saturated carbocycles. The first-order valence-corrected chi connectivity index (χ1v) is 7.97. The number of esters is 1. The van der Waals surface area contributed by atoms with Crippen molar-refractivity contribution in [1.29, 1.82) is 0 Å². The molecule has 0 N–H and O–H groups in total. The Morgan fingerprint density at radius 2 is 1.50 bits per heavy atom. The third-order valence-electron chi connectivity index (χ3n) is 3.55. The van der Waals surface area contributed by atoms with Crippen molar-refractivity contribution in [3.8, 4) is 5.75 Å². The molecule has 0 unspecified atom stereocenters. The van der Waals surface area contributed by atoms with Gasteiger partial charge in [-0.25, -0.2) is 22.4 Å². The number of rotatable bonds is 5. The lowest BCUT2D eigenvalue weighted by Gasteiger charge is -2.09. The second-order valence-electron chi connectivity index (χ2n) is 5.75. The molecule has 0 aliphatic heterocycles. The number of alkyl halides is 3. The minimum atomic E-state index is -4.79. The lowest BCUT2D eigenvalue weighted by atomic mass is 10.1. The van der Waals surface area contributed by atoms with Crippen LogP contribution in [-0.4, -0.2) is 12.1 Å². The summed E-state index contributed by atoms with van der Waals surface area (Å²) in [6, 6.07) is 2.74. The van der Waals surface area contributed by atoms with E-state index in [2.05, 4.69) is 4.74 Å². The number of allylic oxidation sites excluding steroid dienone is 1. The molecule has 0 aromatic heterocycles. The lowest BCUT2D eigenvalue weighted by Crippen LogP contribution is -2.14. The van der Waals surface area contributed by atoms with Gasteiger partial charge >= 0.3 is 12.1 Å². The third kappa shape index (κ3) is 5.34. The average Bonchev–Trinajstić information content (AvgIpc) is 2.52. The Labute approximate surface area is 155 Å². The number of benzene rings is 2. The molecule has 150 valence electrons. The van der Waals surface area contributed by atoms with Crippen LogP contribution >= 0.6 is 0 Å². The molecular weight excluding hydrogens is 393 g/mol. The van der Waals surface area contributed by atoms with Crippen LogP contribution in [0.1, 0.15) is 34.8 Å². The number of carbonyl (C=O) groups is 1. The second-order valence-corrected chi connectivity index (χ2v) is 5.75. The normalized spacial score (nSPS) is 11.9. The van der Waals surface area contributed by atoms with Crippen molar-refractivity contribution in [1.82, 2.24) is 0 Å². The fraction of sp³-hybridized carbons (Fsp3) is 0.211. The molecule has 0 atom stereocenters. The standard InChI is InChI=1S/C19H13F7O2/c1-2-3-10-6-15(22)17(16(23)7-10)18(27)28-11-8-13(20)12(14(21)9-11)4-5-19(24,25)26/h4-9H,2-3H2,1H3/b5-4+. The minimum Gasteiger partial charge on any atom is -0.423 e. The van der Waals surface area contributed by atoms with Crippen LogP contribution in [0.4, 0.5) is 30.7 Å². The van der Waals surface area contributed by atoms with Crippen LogP contribution in [0.15, 0.2) is 30.3 Å². The number of hydrogen-bond donors (Lipinski definition) is 0. The molecule has 0 heterocycles. The molecule has 9 heteroatoms. The molecule has 0 radical (unpaired) electrons. The molecule has 0 amide bonds. The molecule has 2 rings (SSSR count). The van der Waals surface area contributed by atoms with Crippen LogP contribution < -0.4 is 4.74 Å². The van der Waals surface area contributed by atoms with Gasteiger partial charge < -0.3 is 4.74 Å². The van der Waals surface area contributed by atoms with Crippen molar-refractivity contribution in [2.24, 2.45) is 0 Å². The van der Waals surface area contributed by atoms with Crippen molar-refractivity contribution < 1.29 is 40.3 Å². The van der Waals surface area contributed by atoms with Crippen molar-refractivity contribution in [3.05, 3.63) is 70.3 Å². The third-order valence-corrected chi connectivity index (χ3v) is 3.55. The Balaban J connectivity index is 2.29. The predicted molar refractivity (Wildman–Crippen MR) is 86.8 cm³/mol. The molecule has 0 bridgehead atoms. The number of carbonyl (C=O) groups excluding carboxylic acids is 1. The van der Waals surface area contributed by atoms with E-state index in [1.165, 1.54) is 0 Å². The average molecular weight is 406 g/mol. The van der Waals surface area contributed by atoms with Crippen molar-refractivity contribution in [2.75, 3.05) is 0 Å². The van der Waals surface area contributed by atoms with E-state index in [1.807, 2.05) is 0 Å². The summed E-state index contributed by atoms with van der Waals surface area (Å²) in [5.74, 6) is -7.64. The van der Waals surface area contributed by atoms with Gasteiger partial charge in [-0.2, -0.15) is 13.2 Å². The smallest absolute Gasteiger partial charge is 0.409 e. The van der Waals surface area contributed by atoms with Crippen LogP contribution in [0.3, 0.4) is 0 Å². The van der Waals surface area contributed by atoms with Crippen molar-refractivity contribution in [2.45, 2.75) is 25.9 Å². The summed E-state index contributed by atoms with van der Waals surface area (Å²) in [5.41, 5.74) is -1.76. The maximum Gasteiger partial charge on any atom is 0.409 e. The first-order valence-electron chi connectivity index (χ1n) is 7.97. The summed E-state index contributed by atoms with van der Waals surface area (Å²) in [6.45, 7) is 1.79. The van der Waals surface area contributed by atoms with E-state index in [9.17, 15) is 35.5 Å². The van der Waals surface area contributed by atoms with Gasteiger partial charge in [-0.05, 0) is 30.2 Å². The Morgan fingerprint density at radius 1 is 0.964 bits per heavy atom. The molecule has 2 aromatic carbocycles. The van der Waals surface area contributed by atoms with E-state index >= 15 is 0 Å². The van der Waals surface area contributed by atoms with Crippen LogP contribution in [0, 0.1) is 23.3 Å². The highest BCUT2D eigenvalue weighted by Gasteiger charge is 2.24. The molecule has 2 nitrogen and oxygen atoms in total. The van der Waals surface area contributed by atoms with Gasteiger partial charge in [0.2, 0.25) is 0 Å². The van der Waals surface area contributed by atoms with Crippen molar-refractivity contribution >= 4 is 12.0 Å². The van der Waals surface area contributed by atoms with Gasteiger partial charge in [0.1, 0.15) is 34.6 Å². The molecule has 0 fully saturated rings. The lowest BCUT2D eigenvalue weighted by molar-refractivity contribution is -0.0790. The van der Waals surface area contributed by atoms with Gasteiger partial charge in [-0.15, -0.1) is 0 Å². The molecule has 2 aromatic rings. The number of hydrogen-bond acceptors (Lipinski definition) is 2. The quantitative estimate of drug-likeness (QED) is 0.346. The largest absolute Gasteiger partial charge is 0.423 e. The van der Waals surface area contributed by atoms with E-state index in [0.717, 1.165) is 12.1 Å². The fourth-order valence-electron chi connectivity index (χ4n) is 2.37.